The number of aliphatic carboxylic acids is 1. The van der Waals surface area contributed by atoms with Gasteiger partial charge in [0.05, 0.1) is 11.0 Å². The third kappa shape index (κ3) is 3.66. The Morgan fingerprint density at radius 3 is 2.64 bits per heavy atom. The molecule has 0 fully saturated rings. The van der Waals surface area contributed by atoms with Crippen LogP contribution in [-0.2, 0) is 28.9 Å². The summed E-state index contributed by atoms with van der Waals surface area (Å²) in [6.45, 7) is 4.93. The third-order valence-corrected chi connectivity index (χ3v) is 5.85. The fourth-order valence-corrected chi connectivity index (χ4v) is 4.62. The number of carbonyl (C=O) groups is 2. The van der Waals surface area contributed by atoms with E-state index in [1.807, 2.05) is 0 Å². The second-order valence-corrected chi connectivity index (χ2v) is 8.43. The molecule has 25 heavy (non-hydrogen) atoms. The number of rotatable bonds is 6. The first kappa shape index (κ1) is 17.8. The summed E-state index contributed by atoms with van der Waals surface area (Å²) in [5, 5.41) is 13.1. The molecule has 3 rings (SSSR count). The van der Waals surface area contributed by atoms with E-state index in [1.54, 1.807) is 32.1 Å². The second-order valence-electron chi connectivity index (χ2n) is 7.24. The van der Waals surface area contributed by atoms with Crippen LogP contribution in [0.2, 0.25) is 0 Å². The van der Waals surface area contributed by atoms with Crippen LogP contribution in [0.3, 0.4) is 0 Å². The fourth-order valence-electron chi connectivity index (χ4n) is 3.20. The zero-order valence-electron chi connectivity index (χ0n) is 14.7. The van der Waals surface area contributed by atoms with Crippen molar-refractivity contribution >= 4 is 23.1 Å². The Kier molecular flexibility index (Phi) is 4.77. The molecule has 7 heteroatoms. The number of nitrogens with zero attached hydrogens (tertiary/aromatic N) is 2. The normalized spacial score (nSPS) is 14.4. The molecule has 0 bridgehead atoms. The van der Waals surface area contributed by atoms with Crippen molar-refractivity contribution in [1.29, 1.82) is 0 Å². The Morgan fingerprint density at radius 1 is 1.28 bits per heavy atom. The predicted molar refractivity (Wildman–Crippen MR) is 93.7 cm³/mol. The minimum Gasteiger partial charge on any atom is -0.481 e. The summed E-state index contributed by atoms with van der Waals surface area (Å²) in [6.07, 6.45) is 4.45. The number of thiophene rings is 1. The number of carboxylic acid groups (broad SMARTS) is 1. The third-order valence-electron chi connectivity index (χ3n) is 4.56. The van der Waals surface area contributed by atoms with Gasteiger partial charge in [-0.05, 0) is 52.0 Å². The molecule has 0 amide bonds. The van der Waals surface area contributed by atoms with E-state index in [0.717, 1.165) is 36.1 Å². The van der Waals surface area contributed by atoms with Gasteiger partial charge in [-0.2, -0.15) is 4.98 Å². The van der Waals surface area contributed by atoms with E-state index in [9.17, 15) is 14.7 Å². The zero-order chi connectivity index (χ0) is 18.2. The van der Waals surface area contributed by atoms with Gasteiger partial charge < -0.3 is 9.63 Å². The van der Waals surface area contributed by atoms with Gasteiger partial charge >= 0.3 is 5.97 Å². The fraction of sp³-hybridized carbons (Fsp3) is 0.556. The number of fused-ring (bicyclic) bond motifs is 1. The van der Waals surface area contributed by atoms with Gasteiger partial charge in [-0.15, -0.1) is 11.3 Å². The quantitative estimate of drug-likeness (QED) is 0.844. The summed E-state index contributed by atoms with van der Waals surface area (Å²) in [5.41, 5.74) is 1.07. The molecule has 2 heterocycles. The van der Waals surface area contributed by atoms with Crippen LogP contribution in [0.4, 0.5) is 0 Å². The minimum absolute atomic E-state index is 0.00714. The standard InChI is InChI=1S/C18H22N2O4S/c1-10-19-16(24-20-10)15-12-6-4-5-7-13(12)25-14(15)8-11(21)9-18(2,3)17(22)23/h4-9H2,1-3H3,(H,22,23). The van der Waals surface area contributed by atoms with Crippen molar-refractivity contribution in [3.8, 4) is 11.5 Å². The number of carbonyl (C=O) groups excluding carboxylic acids is 1. The Morgan fingerprint density at radius 2 is 2.00 bits per heavy atom. The molecule has 0 radical (unpaired) electrons. The molecule has 1 N–H and O–H groups in total. The highest BCUT2D eigenvalue weighted by atomic mass is 32.1. The lowest BCUT2D eigenvalue weighted by Gasteiger charge is -2.17. The number of aromatic nitrogens is 2. The Hall–Kier alpha value is -2.02. The average molecular weight is 362 g/mol. The van der Waals surface area contributed by atoms with Crippen LogP contribution in [0.25, 0.3) is 11.5 Å². The second kappa shape index (κ2) is 6.71. The van der Waals surface area contributed by atoms with Crippen molar-refractivity contribution in [3.63, 3.8) is 0 Å². The number of Topliss-reactive ketones (excluding diaryl/α,β-unsaturated/α-hetero) is 1. The van der Waals surface area contributed by atoms with Gasteiger partial charge in [0.25, 0.3) is 5.89 Å². The largest absolute Gasteiger partial charge is 0.481 e. The van der Waals surface area contributed by atoms with E-state index in [0.29, 0.717) is 11.7 Å². The van der Waals surface area contributed by atoms with Crippen molar-refractivity contribution in [2.45, 2.75) is 59.3 Å². The lowest BCUT2D eigenvalue weighted by Crippen LogP contribution is -2.27. The zero-order valence-corrected chi connectivity index (χ0v) is 15.5. The first-order valence-corrected chi connectivity index (χ1v) is 9.29. The van der Waals surface area contributed by atoms with E-state index in [2.05, 4.69) is 10.1 Å². The number of ketones is 1. The SMILES string of the molecule is Cc1noc(-c2c(CC(=O)CC(C)(C)C(=O)O)sc3c2CCCC3)n1. The summed E-state index contributed by atoms with van der Waals surface area (Å²) in [5.74, 6) is -0.00482. The van der Waals surface area contributed by atoms with Gasteiger partial charge in [-0.25, -0.2) is 0 Å². The lowest BCUT2D eigenvalue weighted by molar-refractivity contribution is -0.149. The minimum atomic E-state index is -1.06. The van der Waals surface area contributed by atoms with Gasteiger partial charge in [0.1, 0.15) is 5.78 Å². The van der Waals surface area contributed by atoms with Crippen LogP contribution in [0.15, 0.2) is 4.52 Å². The lowest BCUT2D eigenvalue weighted by atomic mass is 9.86. The molecule has 0 unspecified atom stereocenters. The van der Waals surface area contributed by atoms with E-state index in [-0.39, 0.29) is 18.6 Å². The maximum atomic E-state index is 12.5. The highest BCUT2D eigenvalue weighted by Crippen LogP contribution is 2.40. The first-order valence-electron chi connectivity index (χ1n) is 8.47. The van der Waals surface area contributed by atoms with Crippen LogP contribution in [0.1, 0.15) is 54.3 Å². The molecule has 2 aromatic heterocycles. The van der Waals surface area contributed by atoms with Crippen molar-refractivity contribution in [3.05, 3.63) is 21.1 Å². The van der Waals surface area contributed by atoms with Gasteiger partial charge in [0.2, 0.25) is 0 Å². The highest BCUT2D eigenvalue weighted by molar-refractivity contribution is 7.12. The van der Waals surface area contributed by atoms with Crippen LogP contribution in [0.5, 0.6) is 0 Å². The van der Waals surface area contributed by atoms with Crippen molar-refractivity contribution in [2.75, 3.05) is 0 Å². The van der Waals surface area contributed by atoms with Gasteiger partial charge in [-0.3, -0.25) is 9.59 Å². The molecule has 0 saturated heterocycles. The molecule has 1 aliphatic carbocycles. The topological polar surface area (TPSA) is 93.3 Å². The summed E-state index contributed by atoms with van der Waals surface area (Å²) in [6, 6.07) is 0. The monoisotopic (exact) mass is 362 g/mol. The molecule has 6 nitrogen and oxygen atoms in total. The summed E-state index contributed by atoms with van der Waals surface area (Å²) in [7, 11) is 0. The van der Waals surface area contributed by atoms with Crippen LogP contribution >= 0.6 is 11.3 Å². The predicted octanol–water partition coefficient (Wildman–Crippen LogP) is 3.60. The van der Waals surface area contributed by atoms with E-state index >= 15 is 0 Å². The van der Waals surface area contributed by atoms with Gasteiger partial charge in [0, 0.05) is 22.6 Å². The highest BCUT2D eigenvalue weighted by Gasteiger charge is 2.32. The molecule has 2 aromatic rings. The van der Waals surface area contributed by atoms with Crippen LogP contribution in [-0.4, -0.2) is 27.0 Å². The molecule has 0 aromatic carbocycles. The van der Waals surface area contributed by atoms with E-state index < -0.39 is 11.4 Å². The van der Waals surface area contributed by atoms with Crippen molar-refractivity contribution in [1.82, 2.24) is 10.1 Å². The molecular weight excluding hydrogens is 340 g/mol. The Balaban J connectivity index is 1.92. The van der Waals surface area contributed by atoms with Gasteiger partial charge in [0.15, 0.2) is 5.82 Å². The van der Waals surface area contributed by atoms with Crippen molar-refractivity contribution < 1.29 is 19.2 Å². The number of hydrogen-bond donors (Lipinski definition) is 1. The maximum absolute atomic E-state index is 12.5. The smallest absolute Gasteiger partial charge is 0.309 e. The number of hydrogen-bond acceptors (Lipinski definition) is 6. The molecule has 134 valence electrons. The summed E-state index contributed by atoms with van der Waals surface area (Å²) in [4.78, 5) is 30.4. The van der Waals surface area contributed by atoms with Crippen molar-refractivity contribution in [2.24, 2.45) is 5.41 Å². The van der Waals surface area contributed by atoms with Crippen LogP contribution < -0.4 is 0 Å². The molecule has 0 saturated carbocycles. The van der Waals surface area contributed by atoms with Gasteiger partial charge in [-0.1, -0.05) is 5.16 Å². The summed E-state index contributed by atoms with van der Waals surface area (Å²) >= 11 is 1.63. The molecule has 1 aliphatic rings. The molecule has 0 atom stereocenters. The first-order chi connectivity index (χ1) is 11.8. The summed E-state index contributed by atoms with van der Waals surface area (Å²) < 4.78 is 5.38. The van der Waals surface area contributed by atoms with E-state index in [1.165, 1.54) is 10.4 Å². The molecular formula is C18H22N2O4S. The average Bonchev–Trinajstić information content (AvgIpc) is 3.09. The Labute approximate surface area is 150 Å². The number of aryl methyl sites for hydroxylation is 2. The maximum Gasteiger partial charge on any atom is 0.309 e. The van der Waals surface area contributed by atoms with Crippen LogP contribution in [0, 0.1) is 12.3 Å². The Bertz CT molecular complexity index is 819. The van der Waals surface area contributed by atoms with E-state index in [4.69, 9.17) is 4.52 Å². The number of carboxylic acids is 1. The molecule has 0 aliphatic heterocycles. The molecule has 0 spiro atoms.